The third-order valence-electron chi connectivity index (χ3n) is 4.14. The molecule has 176 valence electrons. The lowest BCUT2D eigenvalue weighted by Crippen LogP contribution is -2.70. The second kappa shape index (κ2) is 8.03. The molecule has 0 amide bonds. The molecule has 1 rings (SSSR count). The van der Waals surface area contributed by atoms with E-state index in [-0.39, 0.29) is 5.56 Å². The fraction of sp³-hybridized carbons (Fsp3) is 0.562. The van der Waals surface area contributed by atoms with Crippen LogP contribution < -0.4 is 0 Å². The van der Waals surface area contributed by atoms with Crippen molar-refractivity contribution in [2.24, 2.45) is 0 Å². The highest BCUT2D eigenvalue weighted by atomic mass is 19.4. The summed E-state index contributed by atoms with van der Waals surface area (Å²) >= 11 is 0. The molecule has 0 saturated carbocycles. The van der Waals surface area contributed by atoms with Gasteiger partial charge in [0.2, 0.25) is 0 Å². The Morgan fingerprint density at radius 2 is 1.16 bits per heavy atom. The van der Waals surface area contributed by atoms with Gasteiger partial charge >= 0.3 is 35.8 Å². The average Bonchev–Trinajstić information content (AvgIpc) is 2.64. The Hall–Kier alpha value is -2.24. The van der Waals surface area contributed by atoms with Gasteiger partial charge in [0.15, 0.2) is 0 Å². The van der Waals surface area contributed by atoms with E-state index < -0.39 is 53.9 Å². The predicted molar refractivity (Wildman–Crippen MR) is 76.3 cm³/mol. The molecule has 15 heteroatoms. The van der Waals surface area contributed by atoms with Crippen LogP contribution in [0.1, 0.15) is 23.7 Å². The van der Waals surface area contributed by atoms with E-state index in [4.69, 9.17) is 5.26 Å². The molecule has 1 atom stereocenters. The first kappa shape index (κ1) is 26.8. The van der Waals surface area contributed by atoms with Gasteiger partial charge in [-0.1, -0.05) is 12.1 Å². The lowest BCUT2D eigenvalue weighted by atomic mass is 9.90. The Balaban J connectivity index is 3.39. The zero-order valence-corrected chi connectivity index (χ0v) is 14.9. The zero-order valence-electron chi connectivity index (χ0n) is 14.9. The first-order valence-corrected chi connectivity index (χ1v) is 7.70. The van der Waals surface area contributed by atoms with Crippen LogP contribution in [0.2, 0.25) is 0 Å². The third kappa shape index (κ3) is 4.26. The molecule has 1 aromatic carbocycles. The number of hydrogen-bond donors (Lipinski definition) is 0. The van der Waals surface area contributed by atoms with Gasteiger partial charge in [-0.25, -0.2) is 0 Å². The minimum Gasteiger partial charge on any atom is -0.377 e. The van der Waals surface area contributed by atoms with Gasteiger partial charge in [0, 0.05) is 13.5 Å². The summed E-state index contributed by atoms with van der Waals surface area (Å²) < 4.78 is 175. The van der Waals surface area contributed by atoms with Crippen LogP contribution in [0.5, 0.6) is 0 Å². The number of ether oxygens (including phenoxy) is 1. The molecular formula is C16H10F13NO. The molecular weight excluding hydrogens is 469 g/mol. The van der Waals surface area contributed by atoms with Crippen molar-refractivity contribution in [2.45, 2.75) is 48.3 Å². The van der Waals surface area contributed by atoms with Crippen LogP contribution in [0, 0.1) is 11.3 Å². The van der Waals surface area contributed by atoms with Crippen LogP contribution in [0.15, 0.2) is 24.3 Å². The summed E-state index contributed by atoms with van der Waals surface area (Å²) in [6.45, 7) is 0. The van der Waals surface area contributed by atoms with Gasteiger partial charge in [0.1, 0.15) is 0 Å². The number of nitrogens with zero attached hydrogens (tertiary/aromatic N) is 1. The predicted octanol–water partition coefficient (Wildman–Crippen LogP) is 6.37. The van der Waals surface area contributed by atoms with E-state index in [1.165, 1.54) is 0 Å². The summed E-state index contributed by atoms with van der Waals surface area (Å²) in [5, 5.41) is 8.61. The van der Waals surface area contributed by atoms with Gasteiger partial charge in [-0.15, -0.1) is 0 Å². The molecule has 0 aromatic heterocycles. The van der Waals surface area contributed by atoms with Crippen LogP contribution in [-0.2, 0) is 4.74 Å². The SMILES string of the molecule is COC(CC(F)(F)C(F)(F)C(F)(F)C(F)(F)C(F)(F)C(F)(F)F)c1ccc(C#N)cc1. The van der Waals surface area contributed by atoms with E-state index in [0.717, 1.165) is 24.3 Å². The van der Waals surface area contributed by atoms with Crippen molar-refractivity contribution < 1.29 is 61.8 Å². The summed E-state index contributed by atoms with van der Waals surface area (Å²) in [6.07, 6.45) is -12.2. The summed E-state index contributed by atoms with van der Waals surface area (Å²) in [4.78, 5) is 0. The van der Waals surface area contributed by atoms with Crippen molar-refractivity contribution in [3.05, 3.63) is 35.4 Å². The fourth-order valence-electron chi connectivity index (χ4n) is 2.27. The van der Waals surface area contributed by atoms with Crippen LogP contribution in [0.4, 0.5) is 57.1 Å². The Morgan fingerprint density at radius 3 is 1.52 bits per heavy atom. The van der Waals surface area contributed by atoms with Crippen LogP contribution in [0.25, 0.3) is 0 Å². The first-order chi connectivity index (χ1) is 13.7. The lowest BCUT2D eigenvalue weighted by molar-refractivity contribution is -0.440. The van der Waals surface area contributed by atoms with Gasteiger partial charge in [-0.2, -0.15) is 62.3 Å². The molecule has 1 aromatic rings. The molecule has 31 heavy (non-hydrogen) atoms. The highest BCUT2D eigenvalue weighted by molar-refractivity contribution is 5.32. The van der Waals surface area contributed by atoms with Crippen molar-refractivity contribution in [1.29, 1.82) is 5.26 Å². The van der Waals surface area contributed by atoms with Crippen molar-refractivity contribution in [3.63, 3.8) is 0 Å². The molecule has 0 heterocycles. The number of alkyl halides is 13. The van der Waals surface area contributed by atoms with Crippen molar-refractivity contribution >= 4 is 0 Å². The van der Waals surface area contributed by atoms with Gasteiger partial charge in [-0.05, 0) is 17.7 Å². The monoisotopic (exact) mass is 479 g/mol. The largest absolute Gasteiger partial charge is 0.460 e. The van der Waals surface area contributed by atoms with Crippen LogP contribution >= 0.6 is 0 Å². The van der Waals surface area contributed by atoms with Crippen molar-refractivity contribution in [3.8, 4) is 6.07 Å². The number of rotatable bonds is 8. The summed E-state index contributed by atoms with van der Waals surface area (Å²) in [5.41, 5.74) is -0.496. The Labute approximate surface area is 165 Å². The molecule has 0 spiro atoms. The number of halogens is 13. The molecule has 0 bridgehead atoms. The van der Waals surface area contributed by atoms with Crippen molar-refractivity contribution in [1.82, 2.24) is 0 Å². The maximum atomic E-state index is 14.0. The maximum Gasteiger partial charge on any atom is 0.460 e. The minimum absolute atomic E-state index is 0.0590. The standard InChI is InChI=1S/C16H10F13NO/c1-31-10(9-4-2-8(7-30)3-5-9)6-11(17,18)12(19,20)13(21,22)14(23,24)15(25,26)16(27,28)29/h2-5,10H,6H2,1H3. The van der Waals surface area contributed by atoms with Crippen molar-refractivity contribution in [2.75, 3.05) is 7.11 Å². The number of nitriles is 1. The molecule has 1 unspecified atom stereocenters. The molecule has 0 aliphatic heterocycles. The molecule has 0 aliphatic rings. The van der Waals surface area contributed by atoms with E-state index in [1.54, 1.807) is 6.07 Å². The number of benzene rings is 1. The second-order valence-electron chi connectivity index (χ2n) is 6.16. The van der Waals surface area contributed by atoms with Crippen LogP contribution in [-0.4, -0.2) is 42.9 Å². The number of methoxy groups -OCH3 is 1. The molecule has 0 aliphatic carbocycles. The Kier molecular flexibility index (Phi) is 6.94. The zero-order chi connectivity index (χ0) is 24.7. The lowest BCUT2D eigenvalue weighted by Gasteiger charge is -2.40. The third-order valence-corrected chi connectivity index (χ3v) is 4.14. The van der Waals surface area contributed by atoms with E-state index in [9.17, 15) is 57.1 Å². The summed E-state index contributed by atoms with van der Waals surface area (Å²) in [5.74, 6) is -37.2. The summed E-state index contributed by atoms with van der Waals surface area (Å²) in [7, 11) is 0.613. The van der Waals surface area contributed by atoms with Gasteiger partial charge < -0.3 is 4.74 Å². The van der Waals surface area contributed by atoms with E-state index >= 15 is 0 Å². The van der Waals surface area contributed by atoms with Gasteiger partial charge in [0.05, 0.1) is 17.7 Å². The van der Waals surface area contributed by atoms with Crippen LogP contribution in [0.3, 0.4) is 0 Å². The first-order valence-electron chi connectivity index (χ1n) is 7.70. The van der Waals surface area contributed by atoms with E-state index in [2.05, 4.69) is 4.74 Å². The highest BCUT2D eigenvalue weighted by Crippen LogP contribution is 2.61. The quantitative estimate of drug-likeness (QED) is 0.406. The molecule has 0 saturated heterocycles. The molecule has 0 N–H and O–H groups in total. The topological polar surface area (TPSA) is 33.0 Å². The van der Waals surface area contributed by atoms with Gasteiger partial charge in [-0.3, -0.25) is 0 Å². The summed E-state index contributed by atoms with van der Waals surface area (Å²) in [6, 6.07) is 5.22. The molecule has 0 radical (unpaired) electrons. The smallest absolute Gasteiger partial charge is 0.377 e. The van der Waals surface area contributed by atoms with E-state index in [1.807, 2.05) is 0 Å². The maximum absolute atomic E-state index is 14.0. The fourth-order valence-corrected chi connectivity index (χ4v) is 2.27. The van der Waals surface area contributed by atoms with E-state index in [0.29, 0.717) is 7.11 Å². The second-order valence-corrected chi connectivity index (χ2v) is 6.16. The highest BCUT2D eigenvalue weighted by Gasteiger charge is 2.90. The average molecular weight is 479 g/mol. The molecule has 0 fully saturated rings. The molecule has 2 nitrogen and oxygen atoms in total. The normalized spacial score (nSPS) is 15.5. The minimum atomic E-state index is -7.94. The Morgan fingerprint density at radius 1 is 0.742 bits per heavy atom. The number of hydrogen-bond acceptors (Lipinski definition) is 2. The van der Waals surface area contributed by atoms with Gasteiger partial charge in [0.25, 0.3) is 0 Å². The Bertz CT molecular complexity index is 808.